The molecule has 1 heterocycles. The summed E-state index contributed by atoms with van der Waals surface area (Å²) in [5.74, 6) is 0.993. The van der Waals surface area contributed by atoms with E-state index >= 15 is 0 Å². The van der Waals surface area contributed by atoms with E-state index in [1.807, 2.05) is 31.2 Å². The van der Waals surface area contributed by atoms with Gasteiger partial charge in [0.25, 0.3) is 5.91 Å². The molecule has 2 aromatic carbocycles. The minimum atomic E-state index is -0.945. The van der Waals surface area contributed by atoms with Gasteiger partial charge in [-0.15, -0.1) is 0 Å². The van der Waals surface area contributed by atoms with E-state index in [-0.39, 0.29) is 5.91 Å². The van der Waals surface area contributed by atoms with Gasteiger partial charge in [0.15, 0.2) is 5.13 Å². The highest BCUT2D eigenvalue weighted by Gasteiger charge is 2.11. The Morgan fingerprint density at radius 3 is 2.88 bits per heavy atom. The van der Waals surface area contributed by atoms with Crippen molar-refractivity contribution in [3.63, 3.8) is 0 Å². The molecule has 1 aromatic heterocycles. The number of hydrogen-bond acceptors (Lipinski definition) is 5. The molecule has 3 aromatic rings. The van der Waals surface area contributed by atoms with E-state index in [1.165, 1.54) is 11.3 Å². The number of fused-ring (bicyclic) bond motifs is 1. The van der Waals surface area contributed by atoms with Crippen LogP contribution in [0, 0.1) is 0 Å². The predicted octanol–water partition coefficient (Wildman–Crippen LogP) is 3.83. The second-order valence-electron chi connectivity index (χ2n) is 5.45. The Kier molecular flexibility index (Phi) is 5.45. The molecule has 0 saturated carbocycles. The maximum atomic E-state index is 12.5. The fraction of sp³-hybridized carbons (Fsp3) is 0.222. The Hall–Kier alpha value is -2.25. The summed E-state index contributed by atoms with van der Waals surface area (Å²) >= 11 is 1.40. The van der Waals surface area contributed by atoms with Gasteiger partial charge in [-0.3, -0.25) is 14.3 Å². The van der Waals surface area contributed by atoms with Crippen LogP contribution in [0.25, 0.3) is 10.2 Å². The van der Waals surface area contributed by atoms with Gasteiger partial charge >= 0.3 is 0 Å². The molecule has 130 valence electrons. The fourth-order valence-corrected chi connectivity index (χ4v) is 3.96. The molecule has 1 unspecified atom stereocenters. The van der Waals surface area contributed by atoms with Crippen LogP contribution in [0.15, 0.2) is 42.5 Å². The molecule has 0 radical (unpaired) electrons. The van der Waals surface area contributed by atoms with Crippen molar-refractivity contribution in [1.82, 2.24) is 4.98 Å². The second kappa shape index (κ2) is 7.76. The van der Waals surface area contributed by atoms with Crippen LogP contribution in [0.1, 0.15) is 22.8 Å². The van der Waals surface area contributed by atoms with E-state index in [1.54, 1.807) is 24.5 Å². The molecule has 7 heteroatoms. The Labute approximate surface area is 152 Å². The third-order valence-electron chi connectivity index (χ3n) is 3.45. The molecule has 0 aliphatic rings. The zero-order valence-electron chi connectivity index (χ0n) is 13.9. The van der Waals surface area contributed by atoms with E-state index < -0.39 is 10.8 Å². The number of rotatable bonds is 6. The molecule has 5 nitrogen and oxygen atoms in total. The van der Waals surface area contributed by atoms with Crippen LogP contribution in [0.2, 0.25) is 0 Å². The quantitative estimate of drug-likeness (QED) is 0.712. The lowest BCUT2D eigenvalue weighted by molar-refractivity contribution is 0.102. The van der Waals surface area contributed by atoms with Crippen LogP contribution in [0.5, 0.6) is 5.75 Å². The van der Waals surface area contributed by atoms with Gasteiger partial charge in [0, 0.05) is 28.4 Å². The Balaban J connectivity index is 1.78. The zero-order chi connectivity index (χ0) is 17.8. The van der Waals surface area contributed by atoms with Crippen LogP contribution in [0.4, 0.5) is 5.13 Å². The highest BCUT2D eigenvalue weighted by atomic mass is 32.2. The van der Waals surface area contributed by atoms with Gasteiger partial charge in [0.05, 0.1) is 16.8 Å². The lowest BCUT2D eigenvalue weighted by Gasteiger charge is -2.04. The first kappa shape index (κ1) is 17.6. The number of carbonyl (C=O) groups excluding carboxylic acids is 1. The zero-order valence-corrected chi connectivity index (χ0v) is 15.6. The number of ether oxygens (including phenoxy) is 1. The number of carbonyl (C=O) groups is 1. The largest absolute Gasteiger partial charge is 0.494 e. The van der Waals surface area contributed by atoms with Gasteiger partial charge in [-0.2, -0.15) is 0 Å². The summed E-state index contributed by atoms with van der Waals surface area (Å²) in [7, 11) is -0.945. The van der Waals surface area contributed by atoms with Crippen molar-refractivity contribution >= 4 is 43.4 Å². The lowest BCUT2D eigenvalue weighted by atomic mass is 10.1. The summed E-state index contributed by atoms with van der Waals surface area (Å²) in [6.07, 6.45) is 1.64. The van der Waals surface area contributed by atoms with Gasteiger partial charge in [-0.05, 0) is 42.8 Å². The first-order chi connectivity index (χ1) is 12.0. The second-order valence-corrected chi connectivity index (χ2v) is 7.92. The molecular formula is C18H18N2O3S2. The Morgan fingerprint density at radius 1 is 1.28 bits per heavy atom. The molecule has 25 heavy (non-hydrogen) atoms. The number of amides is 1. The van der Waals surface area contributed by atoms with Gasteiger partial charge < -0.3 is 4.74 Å². The van der Waals surface area contributed by atoms with Gasteiger partial charge in [-0.1, -0.05) is 23.5 Å². The summed E-state index contributed by atoms with van der Waals surface area (Å²) < 4.78 is 17.8. The van der Waals surface area contributed by atoms with Gasteiger partial charge in [0.2, 0.25) is 0 Å². The molecule has 1 amide bonds. The average Bonchev–Trinajstić information content (AvgIpc) is 2.96. The number of benzene rings is 2. The maximum Gasteiger partial charge on any atom is 0.257 e. The van der Waals surface area contributed by atoms with Crippen molar-refractivity contribution in [2.75, 3.05) is 18.2 Å². The number of thiazole rings is 1. The first-order valence-corrected chi connectivity index (χ1v) is 10.3. The van der Waals surface area contributed by atoms with Gasteiger partial charge in [-0.25, -0.2) is 4.98 Å². The summed E-state index contributed by atoms with van der Waals surface area (Å²) in [6.45, 7) is 2.54. The predicted molar refractivity (Wildman–Crippen MR) is 103 cm³/mol. The lowest BCUT2D eigenvalue weighted by Crippen LogP contribution is -2.12. The summed E-state index contributed by atoms with van der Waals surface area (Å²) in [5, 5.41) is 3.37. The Bertz CT molecular complexity index is 937. The van der Waals surface area contributed by atoms with Crippen molar-refractivity contribution in [1.29, 1.82) is 0 Å². The van der Waals surface area contributed by atoms with E-state index in [0.29, 0.717) is 23.1 Å². The molecular weight excluding hydrogens is 356 g/mol. The minimum absolute atomic E-state index is 0.229. The Morgan fingerprint density at radius 2 is 2.12 bits per heavy atom. The number of nitrogens with one attached hydrogen (secondary N) is 1. The van der Waals surface area contributed by atoms with Crippen LogP contribution < -0.4 is 10.1 Å². The van der Waals surface area contributed by atoms with Crippen molar-refractivity contribution in [2.45, 2.75) is 12.7 Å². The molecule has 0 saturated heterocycles. The third kappa shape index (κ3) is 4.43. The third-order valence-corrected chi connectivity index (χ3v) is 5.12. The molecule has 0 aliphatic heterocycles. The van der Waals surface area contributed by atoms with E-state index in [4.69, 9.17) is 4.74 Å². The first-order valence-electron chi connectivity index (χ1n) is 7.79. The summed E-state index contributed by atoms with van der Waals surface area (Å²) in [5.41, 5.74) is 2.22. The molecule has 0 spiro atoms. The molecule has 0 bridgehead atoms. The standard InChI is InChI=1S/C18H18N2O3S2/c1-3-23-14-7-8-15-16(10-14)24-18(19-15)20-17(21)13-6-4-5-12(9-13)11-25(2)22/h4-10H,3,11H2,1-2H3,(H,19,20,21). The highest BCUT2D eigenvalue weighted by Crippen LogP contribution is 2.29. The maximum absolute atomic E-state index is 12.5. The number of nitrogens with zero attached hydrogens (tertiary/aromatic N) is 1. The number of hydrogen-bond donors (Lipinski definition) is 1. The molecule has 1 N–H and O–H groups in total. The van der Waals surface area contributed by atoms with Crippen molar-refractivity contribution in [2.24, 2.45) is 0 Å². The van der Waals surface area contributed by atoms with Crippen LogP contribution in [-0.2, 0) is 16.6 Å². The van der Waals surface area contributed by atoms with Crippen LogP contribution >= 0.6 is 11.3 Å². The van der Waals surface area contributed by atoms with Crippen molar-refractivity contribution in [3.05, 3.63) is 53.6 Å². The summed E-state index contributed by atoms with van der Waals surface area (Å²) in [6, 6.07) is 12.8. The monoisotopic (exact) mass is 374 g/mol. The summed E-state index contributed by atoms with van der Waals surface area (Å²) in [4.78, 5) is 16.9. The molecule has 1 atom stereocenters. The van der Waals surface area contributed by atoms with Crippen molar-refractivity contribution < 1.29 is 13.7 Å². The average molecular weight is 374 g/mol. The van der Waals surface area contributed by atoms with E-state index in [9.17, 15) is 9.00 Å². The fourth-order valence-electron chi connectivity index (χ4n) is 2.42. The normalized spacial score (nSPS) is 12.1. The number of anilines is 1. The van der Waals surface area contributed by atoms with Crippen LogP contribution in [0.3, 0.4) is 0 Å². The highest BCUT2D eigenvalue weighted by molar-refractivity contribution is 7.83. The molecule has 3 rings (SSSR count). The smallest absolute Gasteiger partial charge is 0.257 e. The van der Waals surface area contributed by atoms with Gasteiger partial charge in [0.1, 0.15) is 5.75 Å². The minimum Gasteiger partial charge on any atom is -0.494 e. The molecule has 0 fully saturated rings. The van der Waals surface area contributed by atoms with Crippen molar-refractivity contribution in [3.8, 4) is 5.75 Å². The van der Waals surface area contributed by atoms with E-state index in [2.05, 4.69) is 10.3 Å². The SMILES string of the molecule is CCOc1ccc2nc(NC(=O)c3cccc(CS(C)=O)c3)sc2c1. The topological polar surface area (TPSA) is 68.3 Å². The van der Waals surface area contributed by atoms with Crippen LogP contribution in [-0.4, -0.2) is 28.0 Å². The molecule has 0 aliphatic carbocycles. The van der Waals surface area contributed by atoms with E-state index in [0.717, 1.165) is 21.5 Å². The number of aromatic nitrogens is 1.